The van der Waals surface area contributed by atoms with Crippen LogP contribution in [-0.2, 0) is 4.79 Å². The van der Waals surface area contributed by atoms with Crippen LogP contribution < -0.4 is 15.8 Å². The van der Waals surface area contributed by atoms with Gasteiger partial charge in [-0.3, -0.25) is 9.59 Å². The monoisotopic (exact) mass is 318 g/mol. The van der Waals surface area contributed by atoms with Crippen LogP contribution in [-0.4, -0.2) is 18.4 Å². The fraction of sp³-hybridized carbons (Fsp3) is 0.125. The Kier molecular flexibility index (Phi) is 5.01. The summed E-state index contributed by atoms with van der Waals surface area (Å²) in [6.45, 7) is 1.71. The molecular formula is C16H15ClN2O3. The second kappa shape index (κ2) is 6.95. The van der Waals surface area contributed by atoms with Crippen LogP contribution in [0.1, 0.15) is 15.9 Å². The van der Waals surface area contributed by atoms with E-state index < -0.39 is 5.91 Å². The van der Waals surface area contributed by atoms with E-state index >= 15 is 0 Å². The molecule has 2 amide bonds. The molecule has 0 bridgehead atoms. The molecular weight excluding hydrogens is 304 g/mol. The highest BCUT2D eigenvalue weighted by atomic mass is 35.5. The van der Waals surface area contributed by atoms with Crippen LogP contribution >= 0.6 is 11.6 Å². The molecule has 0 atom stereocenters. The third-order valence-electron chi connectivity index (χ3n) is 2.97. The molecule has 0 spiro atoms. The lowest BCUT2D eigenvalue weighted by molar-refractivity contribution is -0.118. The van der Waals surface area contributed by atoms with Crippen molar-refractivity contribution in [3.05, 3.63) is 58.6 Å². The lowest BCUT2D eigenvalue weighted by Gasteiger charge is -2.10. The van der Waals surface area contributed by atoms with Gasteiger partial charge in [0.2, 0.25) is 5.91 Å². The SMILES string of the molecule is Cc1cc(Cl)ccc1NC(=O)COc1ccc(C(N)=O)cc1. The van der Waals surface area contributed by atoms with E-state index in [2.05, 4.69) is 5.32 Å². The van der Waals surface area contributed by atoms with Gasteiger partial charge in [-0.15, -0.1) is 0 Å². The molecule has 2 rings (SSSR count). The van der Waals surface area contributed by atoms with Crippen LogP contribution in [0.25, 0.3) is 0 Å². The van der Waals surface area contributed by atoms with Crippen molar-refractivity contribution in [2.75, 3.05) is 11.9 Å². The predicted molar refractivity (Wildman–Crippen MR) is 85.3 cm³/mol. The minimum Gasteiger partial charge on any atom is -0.484 e. The van der Waals surface area contributed by atoms with Gasteiger partial charge in [0.25, 0.3) is 5.91 Å². The van der Waals surface area contributed by atoms with E-state index in [1.807, 2.05) is 6.92 Å². The number of rotatable bonds is 5. The molecule has 0 radical (unpaired) electrons. The number of nitrogens with one attached hydrogen (secondary N) is 1. The first-order valence-electron chi connectivity index (χ1n) is 6.54. The second-order valence-electron chi connectivity index (χ2n) is 4.68. The molecule has 0 fully saturated rings. The normalized spacial score (nSPS) is 10.1. The number of amides is 2. The highest BCUT2D eigenvalue weighted by Crippen LogP contribution is 2.19. The molecule has 3 N–H and O–H groups in total. The van der Waals surface area contributed by atoms with E-state index in [1.165, 1.54) is 0 Å². The van der Waals surface area contributed by atoms with Crippen LogP contribution in [0.2, 0.25) is 5.02 Å². The second-order valence-corrected chi connectivity index (χ2v) is 5.12. The van der Waals surface area contributed by atoms with Gasteiger partial charge in [0.15, 0.2) is 6.61 Å². The van der Waals surface area contributed by atoms with E-state index in [-0.39, 0.29) is 12.5 Å². The smallest absolute Gasteiger partial charge is 0.262 e. The molecule has 0 saturated carbocycles. The molecule has 2 aromatic carbocycles. The zero-order valence-electron chi connectivity index (χ0n) is 11.9. The Morgan fingerprint density at radius 3 is 2.45 bits per heavy atom. The van der Waals surface area contributed by atoms with Gasteiger partial charge in [-0.2, -0.15) is 0 Å². The average Bonchev–Trinajstić information content (AvgIpc) is 2.48. The Morgan fingerprint density at radius 1 is 1.18 bits per heavy atom. The molecule has 0 aromatic heterocycles. The largest absolute Gasteiger partial charge is 0.484 e. The van der Waals surface area contributed by atoms with E-state index in [0.717, 1.165) is 5.56 Å². The van der Waals surface area contributed by atoms with Crippen molar-refractivity contribution in [3.8, 4) is 5.75 Å². The van der Waals surface area contributed by atoms with Crippen molar-refractivity contribution in [3.63, 3.8) is 0 Å². The summed E-state index contributed by atoms with van der Waals surface area (Å²) in [7, 11) is 0. The zero-order chi connectivity index (χ0) is 16.1. The number of anilines is 1. The first kappa shape index (κ1) is 15.9. The van der Waals surface area contributed by atoms with Crippen molar-refractivity contribution >= 4 is 29.1 Å². The maximum absolute atomic E-state index is 11.9. The Balaban J connectivity index is 1.91. The number of halogens is 1. The van der Waals surface area contributed by atoms with E-state index in [9.17, 15) is 9.59 Å². The maximum Gasteiger partial charge on any atom is 0.262 e. The summed E-state index contributed by atoms with van der Waals surface area (Å²) in [4.78, 5) is 22.8. The fourth-order valence-electron chi connectivity index (χ4n) is 1.82. The predicted octanol–water partition coefficient (Wildman–Crippen LogP) is 2.76. The Hall–Kier alpha value is -2.53. The summed E-state index contributed by atoms with van der Waals surface area (Å²) in [5, 5.41) is 3.35. The quantitative estimate of drug-likeness (QED) is 0.889. The van der Waals surface area contributed by atoms with E-state index in [1.54, 1.807) is 42.5 Å². The summed E-state index contributed by atoms with van der Waals surface area (Å²) >= 11 is 5.86. The van der Waals surface area contributed by atoms with Gasteiger partial charge in [0.05, 0.1) is 0 Å². The average molecular weight is 319 g/mol. The number of aryl methyl sites for hydroxylation is 1. The van der Waals surface area contributed by atoms with Crippen molar-refractivity contribution in [2.24, 2.45) is 5.73 Å². The van der Waals surface area contributed by atoms with Gasteiger partial charge < -0.3 is 15.8 Å². The molecule has 0 aliphatic carbocycles. The molecule has 114 valence electrons. The molecule has 0 heterocycles. The van der Waals surface area contributed by atoms with Crippen molar-refractivity contribution < 1.29 is 14.3 Å². The van der Waals surface area contributed by atoms with Crippen LogP contribution in [0, 0.1) is 6.92 Å². The number of hydrogen-bond acceptors (Lipinski definition) is 3. The fourth-order valence-corrected chi connectivity index (χ4v) is 2.04. The number of ether oxygens (including phenoxy) is 1. The van der Waals surface area contributed by atoms with Gasteiger partial charge in [0.1, 0.15) is 5.75 Å². The van der Waals surface area contributed by atoms with Crippen LogP contribution in [0.15, 0.2) is 42.5 Å². The Bertz CT molecular complexity index is 699. The number of primary amides is 1. The van der Waals surface area contributed by atoms with Crippen molar-refractivity contribution in [1.82, 2.24) is 0 Å². The third-order valence-corrected chi connectivity index (χ3v) is 3.21. The highest BCUT2D eigenvalue weighted by Gasteiger charge is 2.07. The van der Waals surface area contributed by atoms with Gasteiger partial charge >= 0.3 is 0 Å². The Morgan fingerprint density at radius 2 is 1.86 bits per heavy atom. The first-order chi connectivity index (χ1) is 10.5. The lowest BCUT2D eigenvalue weighted by Crippen LogP contribution is -2.20. The zero-order valence-corrected chi connectivity index (χ0v) is 12.7. The third kappa shape index (κ3) is 4.23. The van der Waals surface area contributed by atoms with Gasteiger partial charge in [-0.1, -0.05) is 11.6 Å². The van der Waals surface area contributed by atoms with Gasteiger partial charge in [-0.25, -0.2) is 0 Å². The van der Waals surface area contributed by atoms with Crippen LogP contribution in [0.3, 0.4) is 0 Å². The van der Waals surface area contributed by atoms with Crippen LogP contribution in [0.4, 0.5) is 5.69 Å². The molecule has 22 heavy (non-hydrogen) atoms. The number of hydrogen-bond donors (Lipinski definition) is 2. The maximum atomic E-state index is 11.9. The number of benzene rings is 2. The molecule has 0 aliphatic heterocycles. The molecule has 6 heteroatoms. The molecule has 2 aromatic rings. The first-order valence-corrected chi connectivity index (χ1v) is 6.92. The summed E-state index contributed by atoms with van der Waals surface area (Å²) in [6, 6.07) is 11.4. The lowest BCUT2D eigenvalue weighted by atomic mass is 10.2. The molecule has 0 saturated heterocycles. The standard InChI is InChI=1S/C16H15ClN2O3/c1-10-8-12(17)4-7-14(10)19-15(20)9-22-13-5-2-11(3-6-13)16(18)21/h2-8H,9H2,1H3,(H2,18,21)(H,19,20). The molecule has 5 nitrogen and oxygen atoms in total. The molecule has 0 unspecified atom stereocenters. The highest BCUT2D eigenvalue weighted by molar-refractivity contribution is 6.30. The van der Waals surface area contributed by atoms with Crippen LogP contribution in [0.5, 0.6) is 5.75 Å². The summed E-state index contributed by atoms with van der Waals surface area (Å²) in [5.41, 5.74) is 7.08. The summed E-state index contributed by atoms with van der Waals surface area (Å²) < 4.78 is 5.35. The number of carbonyl (C=O) groups excluding carboxylic acids is 2. The summed E-state index contributed by atoms with van der Waals surface area (Å²) in [5.74, 6) is -0.320. The minimum absolute atomic E-state index is 0.141. The summed E-state index contributed by atoms with van der Waals surface area (Å²) in [6.07, 6.45) is 0. The minimum atomic E-state index is -0.512. The number of nitrogens with two attached hydrogens (primary N) is 1. The Labute approximate surface area is 133 Å². The van der Waals surface area contributed by atoms with Gasteiger partial charge in [0, 0.05) is 16.3 Å². The van der Waals surface area contributed by atoms with Crippen molar-refractivity contribution in [1.29, 1.82) is 0 Å². The topological polar surface area (TPSA) is 81.4 Å². The number of carbonyl (C=O) groups is 2. The van der Waals surface area contributed by atoms with Gasteiger partial charge in [-0.05, 0) is 55.0 Å². The van der Waals surface area contributed by atoms with Crippen molar-refractivity contribution in [2.45, 2.75) is 6.92 Å². The molecule has 0 aliphatic rings. The van der Waals surface area contributed by atoms with E-state index in [4.69, 9.17) is 22.1 Å². The van der Waals surface area contributed by atoms with E-state index in [0.29, 0.717) is 22.0 Å².